The monoisotopic (exact) mass is 163 g/mol. The van der Waals surface area contributed by atoms with Gasteiger partial charge in [-0.05, 0) is 6.92 Å². The van der Waals surface area contributed by atoms with Gasteiger partial charge in [-0.25, -0.2) is 4.98 Å². The first kappa shape index (κ1) is 7.55. The molecule has 1 aliphatic heterocycles. The van der Waals surface area contributed by atoms with Gasteiger partial charge in [0, 0.05) is 37.6 Å². The summed E-state index contributed by atoms with van der Waals surface area (Å²) in [5, 5.41) is 3.27. The predicted molar refractivity (Wildman–Crippen MR) is 48.7 cm³/mol. The van der Waals surface area contributed by atoms with Crippen LogP contribution in [0, 0.1) is 0 Å². The molecule has 0 radical (unpaired) electrons. The van der Waals surface area contributed by atoms with E-state index >= 15 is 0 Å². The molecule has 3 heteroatoms. The fraction of sp³-hybridized carbons (Fsp3) is 0.444. The Morgan fingerprint density at radius 2 is 2.58 bits per heavy atom. The molecule has 1 aliphatic rings. The Labute approximate surface area is 72.1 Å². The third kappa shape index (κ3) is 1.16. The van der Waals surface area contributed by atoms with Gasteiger partial charge in [0.1, 0.15) is 5.82 Å². The average Bonchev–Trinajstić information content (AvgIpc) is 2.74. The Bertz CT molecular complexity index is 298. The van der Waals surface area contributed by atoms with Crippen molar-refractivity contribution in [3.63, 3.8) is 0 Å². The molecular weight excluding hydrogens is 150 g/mol. The molecule has 0 saturated heterocycles. The number of nitrogens with one attached hydrogen (secondary N) is 1. The van der Waals surface area contributed by atoms with Crippen LogP contribution in [0.2, 0.25) is 0 Å². The van der Waals surface area contributed by atoms with E-state index in [1.54, 1.807) is 0 Å². The van der Waals surface area contributed by atoms with E-state index in [0.29, 0.717) is 0 Å². The van der Waals surface area contributed by atoms with Crippen molar-refractivity contribution < 1.29 is 0 Å². The number of imidazole rings is 1. The largest absolute Gasteiger partial charge is 0.332 e. The van der Waals surface area contributed by atoms with Gasteiger partial charge in [0.15, 0.2) is 0 Å². The third-order valence-electron chi connectivity index (χ3n) is 2.15. The second-order valence-corrected chi connectivity index (χ2v) is 2.90. The highest BCUT2D eigenvalue weighted by molar-refractivity contribution is 5.63. The van der Waals surface area contributed by atoms with E-state index in [4.69, 9.17) is 0 Å². The molecule has 1 aromatic heterocycles. The Morgan fingerprint density at radius 3 is 3.25 bits per heavy atom. The molecule has 0 fully saturated rings. The third-order valence-corrected chi connectivity index (χ3v) is 2.15. The molecule has 0 saturated carbocycles. The molecule has 1 aromatic rings. The standard InChI is InChI=1S/C9H13N3/c1-2-12-6-5-11-9(12)8-3-4-10-7-8/h3,5-6,10H,2,4,7H2,1H3. The number of rotatable bonds is 2. The molecule has 0 bridgehead atoms. The van der Waals surface area contributed by atoms with E-state index in [9.17, 15) is 0 Å². The number of nitrogens with zero attached hydrogens (tertiary/aromatic N) is 2. The molecule has 0 aliphatic carbocycles. The highest BCUT2D eigenvalue weighted by Crippen LogP contribution is 2.13. The van der Waals surface area contributed by atoms with Crippen LogP contribution in [0.5, 0.6) is 0 Å². The summed E-state index contributed by atoms with van der Waals surface area (Å²) in [6.45, 7) is 5.06. The lowest BCUT2D eigenvalue weighted by molar-refractivity contribution is 0.745. The minimum absolute atomic E-state index is 0.955. The lowest BCUT2D eigenvalue weighted by Gasteiger charge is -2.04. The summed E-state index contributed by atoms with van der Waals surface area (Å²) < 4.78 is 2.17. The molecule has 0 aromatic carbocycles. The molecule has 0 amide bonds. The summed E-state index contributed by atoms with van der Waals surface area (Å²) in [6.07, 6.45) is 6.08. The normalized spacial score (nSPS) is 16.6. The Morgan fingerprint density at radius 1 is 1.67 bits per heavy atom. The molecule has 0 spiro atoms. The topological polar surface area (TPSA) is 29.9 Å². The van der Waals surface area contributed by atoms with Crippen LogP contribution in [0.15, 0.2) is 18.5 Å². The van der Waals surface area contributed by atoms with Gasteiger partial charge >= 0.3 is 0 Å². The van der Waals surface area contributed by atoms with Gasteiger partial charge in [-0.3, -0.25) is 0 Å². The maximum atomic E-state index is 4.32. The maximum Gasteiger partial charge on any atom is 0.136 e. The summed E-state index contributed by atoms with van der Waals surface area (Å²) in [7, 11) is 0. The summed E-state index contributed by atoms with van der Waals surface area (Å²) >= 11 is 0. The van der Waals surface area contributed by atoms with Gasteiger partial charge in [-0.1, -0.05) is 6.08 Å². The molecule has 0 unspecified atom stereocenters. The zero-order valence-corrected chi connectivity index (χ0v) is 7.25. The number of aryl methyl sites for hydroxylation is 1. The summed E-state index contributed by atoms with van der Waals surface area (Å²) in [6, 6.07) is 0. The van der Waals surface area contributed by atoms with Gasteiger partial charge in [0.25, 0.3) is 0 Å². The second kappa shape index (κ2) is 3.11. The number of hydrogen-bond donors (Lipinski definition) is 1. The van der Waals surface area contributed by atoms with Crippen molar-refractivity contribution in [2.45, 2.75) is 13.5 Å². The molecule has 1 N–H and O–H groups in total. The van der Waals surface area contributed by atoms with Gasteiger partial charge < -0.3 is 9.88 Å². The molecule has 64 valence electrons. The van der Waals surface area contributed by atoms with Crippen LogP contribution in [-0.2, 0) is 6.54 Å². The molecule has 0 atom stereocenters. The van der Waals surface area contributed by atoms with Crippen molar-refractivity contribution in [3.8, 4) is 0 Å². The first-order valence-electron chi connectivity index (χ1n) is 4.33. The second-order valence-electron chi connectivity index (χ2n) is 2.90. The van der Waals surface area contributed by atoms with Crippen LogP contribution in [0.3, 0.4) is 0 Å². The first-order valence-corrected chi connectivity index (χ1v) is 4.33. The van der Waals surface area contributed by atoms with E-state index in [0.717, 1.165) is 25.5 Å². The van der Waals surface area contributed by atoms with Crippen molar-refractivity contribution in [1.29, 1.82) is 0 Å². The minimum atomic E-state index is 0.955. The quantitative estimate of drug-likeness (QED) is 0.701. The van der Waals surface area contributed by atoms with Crippen LogP contribution < -0.4 is 5.32 Å². The highest BCUT2D eigenvalue weighted by atomic mass is 15.1. The van der Waals surface area contributed by atoms with Crippen molar-refractivity contribution >= 4 is 5.57 Å². The van der Waals surface area contributed by atoms with Crippen molar-refractivity contribution in [2.24, 2.45) is 0 Å². The summed E-state index contributed by atoms with van der Waals surface area (Å²) in [5.74, 6) is 1.11. The molecule has 2 rings (SSSR count). The van der Waals surface area contributed by atoms with E-state index in [1.807, 2.05) is 12.4 Å². The maximum absolute atomic E-state index is 4.32. The van der Waals surface area contributed by atoms with Crippen molar-refractivity contribution in [2.75, 3.05) is 13.1 Å². The first-order chi connectivity index (χ1) is 5.92. The number of hydrogen-bond acceptors (Lipinski definition) is 2. The van der Waals surface area contributed by atoms with Crippen LogP contribution in [0.1, 0.15) is 12.7 Å². The summed E-state index contributed by atoms with van der Waals surface area (Å²) in [5.41, 5.74) is 1.32. The van der Waals surface area contributed by atoms with Crippen LogP contribution in [0.25, 0.3) is 5.57 Å². The zero-order valence-electron chi connectivity index (χ0n) is 7.25. The molecule has 2 heterocycles. The van der Waals surface area contributed by atoms with E-state index in [2.05, 4.69) is 27.9 Å². The zero-order chi connectivity index (χ0) is 8.39. The molecule has 3 nitrogen and oxygen atoms in total. The van der Waals surface area contributed by atoms with Crippen molar-refractivity contribution in [3.05, 3.63) is 24.3 Å². The fourth-order valence-corrected chi connectivity index (χ4v) is 1.50. The van der Waals surface area contributed by atoms with E-state index in [-0.39, 0.29) is 0 Å². The Kier molecular flexibility index (Phi) is 1.96. The lowest BCUT2D eigenvalue weighted by Crippen LogP contribution is -2.09. The lowest BCUT2D eigenvalue weighted by atomic mass is 10.2. The molecular formula is C9H13N3. The van der Waals surface area contributed by atoms with Crippen LogP contribution in [0.4, 0.5) is 0 Å². The smallest absolute Gasteiger partial charge is 0.136 e. The minimum Gasteiger partial charge on any atom is -0.332 e. The van der Waals surface area contributed by atoms with Gasteiger partial charge in [-0.15, -0.1) is 0 Å². The SMILES string of the molecule is CCn1ccnc1C1=CCNC1. The average molecular weight is 163 g/mol. The van der Waals surface area contributed by atoms with Crippen LogP contribution in [-0.4, -0.2) is 22.6 Å². The van der Waals surface area contributed by atoms with Crippen molar-refractivity contribution in [1.82, 2.24) is 14.9 Å². The van der Waals surface area contributed by atoms with E-state index < -0.39 is 0 Å². The fourth-order valence-electron chi connectivity index (χ4n) is 1.50. The number of aromatic nitrogens is 2. The Hall–Kier alpha value is -1.09. The van der Waals surface area contributed by atoms with Gasteiger partial charge in [-0.2, -0.15) is 0 Å². The summed E-state index contributed by atoms with van der Waals surface area (Å²) in [4.78, 5) is 4.32. The highest BCUT2D eigenvalue weighted by Gasteiger charge is 2.10. The van der Waals surface area contributed by atoms with E-state index in [1.165, 1.54) is 5.57 Å². The Balaban J connectivity index is 2.32. The van der Waals surface area contributed by atoms with Gasteiger partial charge in [0.05, 0.1) is 0 Å². The predicted octanol–water partition coefficient (Wildman–Crippen LogP) is 0.890. The van der Waals surface area contributed by atoms with Crippen LogP contribution >= 0.6 is 0 Å². The molecule has 12 heavy (non-hydrogen) atoms. The van der Waals surface area contributed by atoms with Gasteiger partial charge in [0.2, 0.25) is 0 Å².